The maximum absolute atomic E-state index is 12.8. The number of hydrogen-bond donors (Lipinski definition) is 1. The molecule has 5 nitrogen and oxygen atoms in total. The van der Waals surface area contributed by atoms with Gasteiger partial charge >= 0.3 is 5.97 Å². The fourth-order valence-electron chi connectivity index (χ4n) is 4.29. The van der Waals surface area contributed by atoms with E-state index in [2.05, 4.69) is 30.1 Å². The van der Waals surface area contributed by atoms with Crippen LogP contribution < -0.4 is 0 Å². The molecule has 2 heterocycles. The Kier molecular flexibility index (Phi) is 5.42. The molecular formula is C20H28N2O3. The summed E-state index contributed by atoms with van der Waals surface area (Å²) in [6.45, 7) is 2.45. The summed E-state index contributed by atoms with van der Waals surface area (Å²) in [6.07, 6.45) is 5.29. The summed E-state index contributed by atoms with van der Waals surface area (Å²) < 4.78 is 0. The Morgan fingerprint density at radius 2 is 1.92 bits per heavy atom. The van der Waals surface area contributed by atoms with Gasteiger partial charge in [0.25, 0.3) is 0 Å². The van der Waals surface area contributed by atoms with Crippen molar-refractivity contribution in [2.75, 3.05) is 20.1 Å². The third kappa shape index (κ3) is 4.03. The summed E-state index contributed by atoms with van der Waals surface area (Å²) in [6, 6.07) is 8.43. The number of rotatable bonds is 4. The van der Waals surface area contributed by atoms with Crippen LogP contribution in [0.3, 0.4) is 0 Å². The summed E-state index contributed by atoms with van der Waals surface area (Å²) in [7, 11) is 2.18. The van der Waals surface area contributed by atoms with Crippen molar-refractivity contribution in [1.29, 1.82) is 0 Å². The fraction of sp³-hybridized carbons (Fsp3) is 0.600. The fourth-order valence-corrected chi connectivity index (χ4v) is 4.29. The molecule has 1 spiro atoms. The molecule has 1 fully saturated rings. The number of aliphatic carboxylic acids is 1. The van der Waals surface area contributed by atoms with Crippen LogP contribution in [0, 0.1) is 0 Å². The number of likely N-dealkylation sites (N-methyl/N-ethyl adjacent to an activating group) is 1. The first-order valence-corrected chi connectivity index (χ1v) is 9.28. The molecule has 0 aliphatic carbocycles. The molecule has 1 amide bonds. The van der Waals surface area contributed by atoms with Crippen LogP contribution in [0.4, 0.5) is 0 Å². The molecule has 0 bridgehead atoms. The number of carbonyl (C=O) groups is 2. The van der Waals surface area contributed by atoms with E-state index in [9.17, 15) is 9.59 Å². The van der Waals surface area contributed by atoms with Gasteiger partial charge in [0.15, 0.2) is 0 Å². The third-order valence-corrected chi connectivity index (χ3v) is 5.81. The van der Waals surface area contributed by atoms with Gasteiger partial charge in [-0.05, 0) is 50.4 Å². The molecule has 0 aromatic heterocycles. The predicted octanol–water partition coefficient (Wildman–Crippen LogP) is 2.68. The second-order valence-corrected chi connectivity index (χ2v) is 7.55. The lowest BCUT2D eigenvalue weighted by Crippen LogP contribution is -2.57. The molecule has 3 rings (SSSR count). The van der Waals surface area contributed by atoms with Crippen molar-refractivity contribution >= 4 is 11.9 Å². The molecular weight excluding hydrogens is 316 g/mol. The lowest BCUT2D eigenvalue weighted by Gasteiger charge is -2.47. The first-order valence-electron chi connectivity index (χ1n) is 9.28. The van der Waals surface area contributed by atoms with E-state index in [1.165, 1.54) is 24.0 Å². The topological polar surface area (TPSA) is 60.9 Å². The highest BCUT2D eigenvalue weighted by atomic mass is 16.4. The number of fused-ring (bicyclic) bond motifs is 1. The number of benzene rings is 1. The lowest BCUT2D eigenvalue weighted by atomic mass is 9.81. The van der Waals surface area contributed by atoms with Crippen LogP contribution in [0.1, 0.15) is 49.7 Å². The SMILES string of the molecule is CN1CCCCC12Cc1ccccc1CN(C(=O)CCCC(=O)O)C2. The van der Waals surface area contributed by atoms with Gasteiger partial charge in [0.1, 0.15) is 0 Å². The van der Waals surface area contributed by atoms with Crippen molar-refractivity contribution in [2.45, 2.75) is 57.0 Å². The van der Waals surface area contributed by atoms with Crippen LogP contribution in [-0.2, 0) is 22.6 Å². The number of amides is 1. The number of piperidine rings is 1. The van der Waals surface area contributed by atoms with E-state index in [-0.39, 0.29) is 17.9 Å². The van der Waals surface area contributed by atoms with E-state index in [4.69, 9.17) is 5.11 Å². The van der Waals surface area contributed by atoms with Gasteiger partial charge < -0.3 is 10.0 Å². The Bertz CT molecular complexity index is 646. The van der Waals surface area contributed by atoms with Gasteiger partial charge in [-0.15, -0.1) is 0 Å². The second-order valence-electron chi connectivity index (χ2n) is 7.55. The van der Waals surface area contributed by atoms with Gasteiger partial charge in [0, 0.05) is 31.5 Å². The molecule has 1 N–H and O–H groups in total. The number of hydrogen-bond acceptors (Lipinski definition) is 3. The van der Waals surface area contributed by atoms with E-state index in [0.717, 1.165) is 25.9 Å². The van der Waals surface area contributed by atoms with Crippen molar-refractivity contribution in [1.82, 2.24) is 9.80 Å². The molecule has 1 unspecified atom stereocenters. The van der Waals surface area contributed by atoms with Crippen LogP contribution >= 0.6 is 0 Å². The van der Waals surface area contributed by atoms with Crippen LogP contribution in [0.15, 0.2) is 24.3 Å². The summed E-state index contributed by atoms with van der Waals surface area (Å²) in [4.78, 5) is 27.9. The molecule has 1 aromatic carbocycles. The molecule has 0 radical (unpaired) electrons. The Morgan fingerprint density at radius 3 is 2.64 bits per heavy atom. The molecule has 0 saturated carbocycles. The van der Waals surface area contributed by atoms with Gasteiger partial charge in [-0.3, -0.25) is 14.5 Å². The minimum atomic E-state index is -0.836. The number of nitrogens with zero attached hydrogens (tertiary/aromatic N) is 2. The molecule has 5 heteroatoms. The van der Waals surface area contributed by atoms with Crippen molar-refractivity contribution in [2.24, 2.45) is 0 Å². The summed E-state index contributed by atoms with van der Waals surface area (Å²) in [5.74, 6) is -0.756. The monoisotopic (exact) mass is 344 g/mol. The number of carbonyl (C=O) groups excluding carboxylic acids is 1. The van der Waals surface area contributed by atoms with Gasteiger partial charge in [0.05, 0.1) is 0 Å². The Hall–Kier alpha value is -1.88. The largest absolute Gasteiger partial charge is 0.481 e. The van der Waals surface area contributed by atoms with E-state index in [1.807, 2.05) is 11.0 Å². The summed E-state index contributed by atoms with van der Waals surface area (Å²) in [5.41, 5.74) is 2.58. The summed E-state index contributed by atoms with van der Waals surface area (Å²) in [5, 5.41) is 8.81. The highest BCUT2D eigenvalue weighted by molar-refractivity contribution is 5.77. The van der Waals surface area contributed by atoms with Crippen LogP contribution in [0.2, 0.25) is 0 Å². The van der Waals surface area contributed by atoms with E-state index >= 15 is 0 Å². The van der Waals surface area contributed by atoms with Gasteiger partial charge in [-0.25, -0.2) is 0 Å². The van der Waals surface area contributed by atoms with Gasteiger partial charge in [0.2, 0.25) is 5.91 Å². The number of carboxylic acids is 1. The highest BCUT2D eigenvalue weighted by Crippen LogP contribution is 2.35. The lowest BCUT2D eigenvalue weighted by molar-refractivity contribution is -0.137. The number of carboxylic acid groups (broad SMARTS) is 1. The van der Waals surface area contributed by atoms with Crippen molar-refractivity contribution in [3.05, 3.63) is 35.4 Å². The first kappa shape index (κ1) is 17.9. The maximum atomic E-state index is 12.8. The smallest absolute Gasteiger partial charge is 0.303 e. The summed E-state index contributed by atoms with van der Waals surface area (Å²) >= 11 is 0. The first-order chi connectivity index (χ1) is 12.0. The standard InChI is InChI=1S/C20H28N2O3/c1-21-12-5-4-11-20(21)13-16-7-2-3-8-17(16)14-22(15-20)18(23)9-6-10-19(24)25/h2-3,7-8H,4-6,9-15H2,1H3,(H,24,25). The molecule has 136 valence electrons. The molecule has 1 saturated heterocycles. The van der Waals surface area contributed by atoms with Crippen molar-refractivity contribution in [3.63, 3.8) is 0 Å². The molecule has 1 aromatic rings. The van der Waals surface area contributed by atoms with Crippen LogP contribution in [-0.4, -0.2) is 52.5 Å². The molecule has 1 atom stereocenters. The molecule has 25 heavy (non-hydrogen) atoms. The van der Waals surface area contributed by atoms with E-state index < -0.39 is 5.97 Å². The zero-order valence-electron chi connectivity index (χ0n) is 15.0. The molecule has 2 aliphatic heterocycles. The van der Waals surface area contributed by atoms with E-state index in [1.54, 1.807) is 0 Å². The quantitative estimate of drug-likeness (QED) is 0.912. The average molecular weight is 344 g/mol. The van der Waals surface area contributed by atoms with E-state index in [0.29, 0.717) is 19.4 Å². The van der Waals surface area contributed by atoms with Crippen LogP contribution in [0.5, 0.6) is 0 Å². The average Bonchev–Trinajstić information content (AvgIpc) is 2.74. The zero-order valence-corrected chi connectivity index (χ0v) is 15.0. The third-order valence-electron chi connectivity index (χ3n) is 5.81. The minimum Gasteiger partial charge on any atom is -0.481 e. The maximum Gasteiger partial charge on any atom is 0.303 e. The highest BCUT2D eigenvalue weighted by Gasteiger charge is 2.41. The zero-order chi connectivity index (χ0) is 17.9. The van der Waals surface area contributed by atoms with Crippen molar-refractivity contribution in [3.8, 4) is 0 Å². The minimum absolute atomic E-state index is 0.00725. The normalized spacial score (nSPS) is 24.0. The van der Waals surface area contributed by atoms with Crippen molar-refractivity contribution < 1.29 is 14.7 Å². The second kappa shape index (κ2) is 7.56. The Balaban J connectivity index is 1.83. The van der Waals surface area contributed by atoms with Gasteiger partial charge in [-0.2, -0.15) is 0 Å². The molecule has 2 aliphatic rings. The Morgan fingerprint density at radius 1 is 1.16 bits per heavy atom. The van der Waals surface area contributed by atoms with Gasteiger partial charge in [-0.1, -0.05) is 30.7 Å². The van der Waals surface area contributed by atoms with Crippen LogP contribution in [0.25, 0.3) is 0 Å². The Labute approximate surface area is 149 Å². The predicted molar refractivity (Wildman–Crippen MR) is 96.3 cm³/mol. The number of likely N-dealkylation sites (tertiary alicyclic amines) is 1.